The van der Waals surface area contributed by atoms with Crippen molar-refractivity contribution in [1.29, 1.82) is 0 Å². The molecule has 0 aliphatic heterocycles. The Morgan fingerprint density at radius 1 is 1.19 bits per heavy atom. The Bertz CT molecular complexity index is 1230. The van der Waals surface area contributed by atoms with E-state index in [1.165, 1.54) is 11.8 Å². The molecule has 0 bridgehead atoms. The molecule has 0 fully saturated rings. The fourth-order valence-corrected chi connectivity index (χ4v) is 3.72. The van der Waals surface area contributed by atoms with Gasteiger partial charge in [0.05, 0.1) is 18.5 Å². The lowest BCUT2D eigenvalue weighted by molar-refractivity contribution is -0.136. The molecule has 1 aromatic carbocycles. The molecule has 10 nitrogen and oxygen atoms in total. The number of fused-ring (bicyclic) bond motifs is 1. The Morgan fingerprint density at radius 3 is 2.78 bits per heavy atom. The van der Waals surface area contributed by atoms with Crippen molar-refractivity contribution in [2.75, 3.05) is 12.4 Å². The van der Waals surface area contributed by atoms with E-state index in [0.717, 1.165) is 30.5 Å². The number of H-pyrrole nitrogens is 1. The first-order valence-corrected chi connectivity index (χ1v) is 10.4. The monoisotopic (exact) mass is 436 g/mol. The van der Waals surface area contributed by atoms with E-state index in [-0.39, 0.29) is 23.9 Å². The normalized spacial score (nSPS) is 12.7. The number of rotatable bonds is 5. The van der Waals surface area contributed by atoms with Crippen LogP contribution in [0, 0.1) is 6.92 Å². The highest BCUT2D eigenvalue weighted by molar-refractivity contribution is 6.39. The first-order valence-electron chi connectivity index (χ1n) is 10.4. The molecule has 0 saturated heterocycles. The van der Waals surface area contributed by atoms with E-state index in [2.05, 4.69) is 25.7 Å². The molecule has 3 aromatic rings. The van der Waals surface area contributed by atoms with Gasteiger partial charge < -0.3 is 15.4 Å². The van der Waals surface area contributed by atoms with E-state index in [9.17, 15) is 14.4 Å². The quantitative estimate of drug-likeness (QED) is 0.518. The molecule has 0 unspecified atom stereocenters. The van der Waals surface area contributed by atoms with Crippen LogP contribution in [0.1, 0.15) is 35.4 Å². The van der Waals surface area contributed by atoms with Gasteiger partial charge in [-0.1, -0.05) is 18.2 Å². The van der Waals surface area contributed by atoms with Crippen LogP contribution in [-0.4, -0.2) is 38.7 Å². The summed E-state index contributed by atoms with van der Waals surface area (Å²) in [5, 5.41) is 9.45. The predicted octanol–water partition coefficient (Wildman–Crippen LogP) is 1.41. The molecule has 0 spiro atoms. The van der Waals surface area contributed by atoms with Crippen molar-refractivity contribution >= 4 is 17.6 Å². The van der Waals surface area contributed by atoms with Crippen LogP contribution < -0.4 is 20.9 Å². The maximum Gasteiger partial charge on any atom is 0.314 e. The molecule has 2 heterocycles. The molecule has 0 radical (unpaired) electrons. The molecule has 166 valence electrons. The summed E-state index contributed by atoms with van der Waals surface area (Å²) < 4.78 is 6.58. The number of nitrogens with zero attached hydrogens (tertiary/aromatic N) is 3. The van der Waals surface area contributed by atoms with Gasteiger partial charge in [0.25, 0.3) is 5.56 Å². The number of methoxy groups -OCH3 is 1. The molecule has 0 saturated carbocycles. The van der Waals surface area contributed by atoms with E-state index >= 15 is 0 Å². The third kappa shape index (κ3) is 4.39. The van der Waals surface area contributed by atoms with E-state index in [1.54, 1.807) is 25.1 Å². The van der Waals surface area contributed by atoms with Crippen LogP contribution in [0.3, 0.4) is 0 Å². The third-order valence-corrected chi connectivity index (χ3v) is 5.29. The average molecular weight is 436 g/mol. The lowest BCUT2D eigenvalue weighted by Crippen LogP contribution is -2.35. The second kappa shape index (κ2) is 9.04. The van der Waals surface area contributed by atoms with Crippen molar-refractivity contribution in [3.63, 3.8) is 0 Å². The SMILES string of the molecule is COc1ccccc1CNC(=O)C(=O)Nc1cc(C)nn1-c1nc2c(c(=O)[nH]1)CCCC2. The lowest BCUT2D eigenvalue weighted by atomic mass is 9.97. The maximum atomic E-state index is 12.5. The third-order valence-electron chi connectivity index (χ3n) is 5.29. The maximum absolute atomic E-state index is 12.5. The molecule has 1 aliphatic rings. The van der Waals surface area contributed by atoms with E-state index < -0.39 is 11.8 Å². The number of para-hydroxylation sites is 1. The van der Waals surface area contributed by atoms with Gasteiger partial charge >= 0.3 is 11.8 Å². The molecular formula is C22H24N6O4. The number of aryl methyl sites for hydroxylation is 2. The molecule has 32 heavy (non-hydrogen) atoms. The number of ether oxygens (including phenoxy) is 1. The van der Waals surface area contributed by atoms with Gasteiger partial charge in [0.15, 0.2) is 0 Å². The Balaban J connectivity index is 1.51. The first-order chi connectivity index (χ1) is 15.5. The Kier molecular flexibility index (Phi) is 6.02. The fraction of sp³-hybridized carbons (Fsp3) is 0.318. The largest absolute Gasteiger partial charge is 0.496 e. The van der Waals surface area contributed by atoms with Gasteiger partial charge in [-0.3, -0.25) is 19.4 Å². The summed E-state index contributed by atoms with van der Waals surface area (Å²) in [5.41, 5.74) is 2.58. The number of nitrogens with one attached hydrogen (secondary N) is 3. The summed E-state index contributed by atoms with van der Waals surface area (Å²) in [6.07, 6.45) is 3.35. The summed E-state index contributed by atoms with van der Waals surface area (Å²) in [5.74, 6) is -0.619. The van der Waals surface area contributed by atoms with Gasteiger partial charge in [0, 0.05) is 23.7 Å². The number of carbonyl (C=O) groups excluding carboxylic acids is 2. The number of carbonyl (C=O) groups is 2. The highest BCUT2D eigenvalue weighted by Gasteiger charge is 2.21. The Hall–Kier alpha value is -3.95. The predicted molar refractivity (Wildman–Crippen MR) is 117 cm³/mol. The second-order valence-corrected chi connectivity index (χ2v) is 7.55. The van der Waals surface area contributed by atoms with Gasteiger partial charge in [0.1, 0.15) is 11.6 Å². The van der Waals surface area contributed by atoms with Gasteiger partial charge in [-0.05, 0) is 38.7 Å². The van der Waals surface area contributed by atoms with Crippen molar-refractivity contribution in [3.05, 3.63) is 63.2 Å². The van der Waals surface area contributed by atoms with Gasteiger partial charge in [0.2, 0.25) is 5.95 Å². The molecule has 0 atom stereocenters. The first kappa shape index (κ1) is 21.3. The Morgan fingerprint density at radius 2 is 1.97 bits per heavy atom. The zero-order valence-electron chi connectivity index (χ0n) is 17.9. The molecule has 4 rings (SSSR count). The summed E-state index contributed by atoms with van der Waals surface area (Å²) in [4.78, 5) is 44.6. The molecule has 2 amide bonds. The number of benzene rings is 1. The van der Waals surface area contributed by atoms with E-state index in [1.807, 2.05) is 12.1 Å². The highest BCUT2D eigenvalue weighted by atomic mass is 16.5. The Labute approximate surface area is 184 Å². The summed E-state index contributed by atoms with van der Waals surface area (Å²) in [6, 6.07) is 8.81. The molecule has 1 aliphatic carbocycles. The van der Waals surface area contributed by atoms with Crippen LogP contribution in [0.15, 0.2) is 35.1 Å². The topological polar surface area (TPSA) is 131 Å². The summed E-state index contributed by atoms with van der Waals surface area (Å²) in [7, 11) is 1.54. The van der Waals surface area contributed by atoms with Crippen LogP contribution >= 0.6 is 0 Å². The van der Waals surface area contributed by atoms with Gasteiger partial charge in [-0.2, -0.15) is 9.78 Å². The number of hydrogen-bond donors (Lipinski definition) is 3. The summed E-state index contributed by atoms with van der Waals surface area (Å²) >= 11 is 0. The zero-order valence-corrected chi connectivity index (χ0v) is 17.9. The van der Waals surface area contributed by atoms with Crippen molar-refractivity contribution in [2.45, 2.75) is 39.2 Å². The van der Waals surface area contributed by atoms with Crippen molar-refractivity contribution in [1.82, 2.24) is 25.1 Å². The fourth-order valence-electron chi connectivity index (χ4n) is 3.72. The van der Waals surface area contributed by atoms with Crippen LogP contribution in [0.5, 0.6) is 5.75 Å². The number of aromatic amines is 1. The molecule has 3 N–H and O–H groups in total. The van der Waals surface area contributed by atoms with E-state index in [4.69, 9.17) is 4.74 Å². The van der Waals surface area contributed by atoms with Crippen LogP contribution in [0.4, 0.5) is 5.82 Å². The lowest BCUT2D eigenvalue weighted by Gasteiger charge is -2.15. The average Bonchev–Trinajstić information content (AvgIpc) is 3.17. The molecule has 10 heteroatoms. The molecular weight excluding hydrogens is 412 g/mol. The number of aromatic nitrogens is 4. The standard InChI is InChI=1S/C22H24N6O4/c1-13-11-18(25-21(31)20(30)23-12-14-7-3-6-10-17(14)32-2)28(27-13)22-24-16-9-5-4-8-15(16)19(29)26-22/h3,6-7,10-11H,4-5,8-9,12H2,1-2H3,(H,23,30)(H,25,31)(H,24,26,29). The smallest absolute Gasteiger partial charge is 0.314 e. The summed E-state index contributed by atoms with van der Waals surface area (Å²) in [6.45, 7) is 1.87. The number of amides is 2. The van der Waals surface area contributed by atoms with Crippen molar-refractivity contribution < 1.29 is 14.3 Å². The van der Waals surface area contributed by atoms with Crippen LogP contribution in [0.2, 0.25) is 0 Å². The van der Waals surface area contributed by atoms with Gasteiger partial charge in [-0.15, -0.1) is 0 Å². The minimum atomic E-state index is -0.860. The molecule has 2 aromatic heterocycles. The van der Waals surface area contributed by atoms with Gasteiger partial charge in [-0.25, -0.2) is 4.98 Å². The van der Waals surface area contributed by atoms with Crippen LogP contribution in [-0.2, 0) is 29.0 Å². The van der Waals surface area contributed by atoms with Crippen molar-refractivity contribution in [3.8, 4) is 11.7 Å². The highest BCUT2D eigenvalue weighted by Crippen LogP contribution is 2.19. The van der Waals surface area contributed by atoms with Crippen molar-refractivity contribution in [2.24, 2.45) is 0 Å². The zero-order chi connectivity index (χ0) is 22.7. The van der Waals surface area contributed by atoms with E-state index in [0.29, 0.717) is 23.4 Å². The second-order valence-electron chi connectivity index (χ2n) is 7.55. The number of anilines is 1. The minimum Gasteiger partial charge on any atom is -0.496 e. The minimum absolute atomic E-state index is 0.133. The number of hydrogen-bond acceptors (Lipinski definition) is 6. The van der Waals surface area contributed by atoms with Crippen LogP contribution in [0.25, 0.3) is 5.95 Å².